The number of aryl methyl sites for hydroxylation is 1. The van der Waals surface area contributed by atoms with Gasteiger partial charge < -0.3 is 35.1 Å². The highest BCUT2D eigenvalue weighted by molar-refractivity contribution is 6.01. The van der Waals surface area contributed by atoms with Crippen LogP contribution in [-0.2, 0) is 32.1 Å². The standard InChI is InChI=1S/C33H41N7O6/c1-3-40-21-31(43)38(2)20-29(41)36-25(18-24-10-5-4-6-11-24)22-46-28-13-8-7-12-26(28)32(44)37-27(19-30(40)42)33(45)35-14-9-16-39-17-15-34-23-39/h4-8,10-13,15,17,23,25,27H,3,9,14,16,18-22H2,1-2H3,(H,35,45)(H,36,41)(H,37,44)/t25-,27+/m1/s1. The first-order valence-electron chi connectivity index (χ1n) is 15.3. The fraction of sp³-hybridized carbons (Fsp3) is 0.394. The number of hydrogen-bond donors (Lipinski definition) is 3. The van der Waals surface area contributed by atoms with Gasteiger partial charge in [-0.3, -0.25) is 24.0 Å². The Kier molecular flexibility index (Phi) is 12.3. The largest absolute Gasteiger partial charge is 0.491 e. The summed E-state index contributed by atoms with van der Waals surface area (Å²) in [6.07, 6.45) is 5.84. The number of benzene rings is 2. The molecule has 1 aliphatic heterocycles. The van der Waals surface area contributed by atoms with Crippen LogP contribution in [0.5, 0.6) is 5.75 Å². The number of carbonyl (C=O) groups excluding carboxylic acids is 5. The Bertz CT molecular complexity index is 1480. The van der Waals surface area contributed by atoms with E-state index < -0.39 is 41.6 Å². The van der Waals surface area contributed by atoms with Gasteiger partial charge in [-0.15, -0.1) is 0 Å². The first kappa shape index (κ1) is 33.7. The molecule has 46 heavy (non-hydrogen) atoms. The van der Waals surface area contributed by atoms with Crippen molar-refractivity contribution in [3.8, 4) is 5.75 Å². The van der Waals surface area contributed by atoms with Crippen molar-refractivity contribution in [1.29, 1.82) is 0 Å². The topological polar surface area (TPSA) is 155 Å². The second-order valence-corrected chi connectivity index (χ2v) is 11.1. The third kappa shape index (κ3) is 9.91. The number of likely N-dealkylation sites (N-methyl/N-ethyl adjacent to an activating group) is 2. The highest BCUT2D eigenvalue weighted by atomic mass is 16.5. The Balaban J connectivity index is 1.57. The molecule has 2 aromatic carbocycles. The molecule has 0 saturated heterocycles. The molecular formula is C33H41N7O6. The number of amides is 5. The fourth-order valence-corrected chi connectivity index (χ4v) is 5.02. The molecule has 1 aromatic heterocycles. The number of aromatic nitrogens is 2. The normalized spacial score (nSPS) is 18.6. The summed E-state index contributed by atoms with van der Waals surface area (Å²) in [4.78, 5) is 73.0. The van der Waals surface area contributed by atoms with Crippen LogP contribution in [0, 0.1) is 0 Å². The van der Waals surface area contributed by atoms with Crippen LogP contribution >= 0.6 is 0 Å². The first-order chi connectivity index (χ1) is 22.2. The number of para-hydroxylation sites is 1. The van der Waals surface area contributed by atoms with E-state index in [9.17, 15) is 24.0 Å². The van der Waals surface area contributed by atoms with Crippen LogP contribution in [0.15, 0.2) is 73.3 Å². The van der Waals surface area contributed by atoms with E-state index in [1.807, 2.05) is 41.1 Å². The van der Waals surface area contributed by atoms with Crippen LogP contribution in [0.2, 0.25) is 0 Å². The Morgan fingerprint density at radius 1 is 1.00 bits per heavy atom. The summed E-state index contributed by atoms with van der Waals surface area (Å²) < 4.78 is 7.97. The number of imidazole rings is 1. The molecule has 0 aliphatic carbocycles. The molecule has 13 heteroatoms. The van der Waals surface area contributed by atoms with Crippen molar-refractivity contribution in [3.05, 3.63) is 84.4 Å². The summed E-state index contributed by atoms with van der Waals surface area (Å²) in [7, 11) is 1.49. The number of nitrogens with one attached hydrogen (secondary N) is 3. The van der Waals surface area contributed by atoms with Crippen LogP contribution in [0.25, 0.3) is 0 Å². The number of hydrogen-bond acceptors (Lipinski definition) is 7. The number of carbonyl (C=O) groups is 5. The predicted molar refractivity (Wildman–Crippen MR) is 170 cm³/mol. The second kappa shape index (κ2) is 16.8. The van der Waals surface area contributed by atoms with E-state index in [1.54, 1.807) is 43.7 Å². The Hall–Kier alpha value is -5.20. The second-order valence-electron chi connectivity index (χ2n) is 11.1. The summed E-state index contributed by atoms with van der Waals surface area (Å²) in [5, 5.41) is 8.47. The highest BCUT2D eigenvalue weighted by Gasteiger charge is 2.29. The van der Waals surface area contributed by atoms with Crippen molar-refractivity contribution in [2.75, 3.05) is 39.8 Å². The molecule has 0 unspecified atom stereocenters. The van der Waals surface area contributed by atoms with Gasteiger partial charge in [0.2, 0.25) is 23.6 Å². The smallest absolute Gasteiger partial charge is 0.255 e. The maximum absolute atomic E-state index is 13.6. The van der Waals surface area contributed by atoms with Crippen molar-refractivity contribution in [3.63, 3.8) is 0 Å². The molecule has 3 N–H and O–H groups in total. The molecular weight excluding hydrogens is 590 g/mol. The van der Waals surface area contributed by atoms with Gasteiger partial charge in [0.05, 0.1) is 37.4 Å². The number of rotatable bonds is 8. The minimum atomic E-state index is -1.21. The highest BCUT2D eigenvalue weighted by Crippen LogP contribution is 2.19. The maximum Gasteiger partial charge on any atom is 0.255 e. The van der Waals surface area contributed by atoms with Gasteiger partial charge in [0.1, 0.15) is 18.4 Å². The molecule has 244 valence electrons. The monoisotopic (exact) mass is 631 g/mol. The summed E-state index contributed by atoms with van der Waals surface area (Å²) >= 11 is 0. The molecule has 0 saturated carbocycles. The first-order valence-corrected chi connectivity index (χ1v) is 15.3. The molecule has 0 radical (unpaired) electrons. The van der Waals surface area contributed by atoms with Gasteiger partial charge >= 0.3 is 0 Å². The third-order valence-corrected chi connectivity index (χ3v) is 7.58. The quantitative estimate of drug-likeness (QED) is 0.314. The fourth-order valence-electron chi connectivity index (χ4n) is 5.02. The lowest BCUT2D eigenvalue weighted by Gasteiger charge is -2.26. The molecule has 3 aromatic rings. The van der Waals surface area contributed by atoms with E-state index in [4.69, 9.17) is 4.74 Å². The summed E-state index contributed by atoms with van der Waals surface area (Å²) in [5.74, 6) is -2.21. The van der Waals surface area contributed by atoms with E-state index in [1.165, 1.54) is 16.8 Å². The predicted octanol–water partition coefficient (Wildman–Crippen LogP) is 1.00. The van der Waals surface area contributed by atoms with Gasteiger partial charge in [-0.25, -0.2) is 4.98 Å². The van der Waals surface area contributed by atoms with Crippen molar-refractivity contribution in [1.82, 2.24) is 35.3 Å². The molecule has 2 atom stereocenters. The summed E-state index contributed by atoms with van der Waals surface area (Å²) in [5.41, 5.74) is 1.14. The van der Waals surface area contributed by atoms with Gasteiger partial charge in [0.25, 0.3) is 5.91 Å². The molecule has 2 heterocycles. The minimum absolute atomic E-state index is 0.0333. The zero-order valence-electron chi connectivity index (χ0n) is 26.2. The van der Waals surface area contributed by atoms with Crippen LogP contribution in [0.3, 0.4) is 0 Å². The Labute approximate surface area is 268 Å². The van der Waals surface area contributed by atoms with Crippen LogP contribution < -0.4 is 20.7 Å². The van der Waals surface area contributed by atoms with Gasteiger partial charge in [-0.2, -0.15) is 0 Å². The van der Waals surface area contributed by atoms with Gasteiger partial charge in [-0.1, -0.05) is 42.5 Å². The van der Waals surface area contributed by atoms with Gasteiger partial charge in [0.15, 0.2) is 0 Å². The Morgan fingerprint density at radius 2 is 1.76 bits per heavy atom. The van der Waals surface area contributed by atoms with Crippen LogP contribution in [0.4, 0.5) is 0 Å². The molecule has 4 rings (SSSR count). The van der Waals surface area contributed by atoms with Crippen LogP contribution in [-0.4, -0.2) is 101 Å². The molecule has 13 nitrogen and oxygen atoms in total. The number of ether oxygens (including phenoxy) is 1. The average molecular weight is 632 g/mol. The molecule has 1 aliphatic rings. The SMILES string of the molecule is CCN1CC(=O)N(C)CC(=O)N[C@H](Cc2ccccc2)COc2ccccc2C(=O)N[C@H](C(=O)NCCCn2ccnc2)CC1=O. The maximum atomic E-state index is 13.6. The number of nitrogens with zero attached hydrogens (tertiary/aromatic N) is 4. The summed E-state index contributed by atoms with van der Waals surface area (Å²) in [6, 6.07) is 14.4. The van der Waals surface area contributed by atoms with Gasteiger partial charge in [0, 0.05) is 39.1 Å². The lowest BCUT2D eigenvalue weighted by Crippen LogP contribution is -2.51. The zero-order chi connectivity index (χ0) is 32.9. The van der Waals surface area contributed by atoms with E-state index in [2.05, 4.69) is 20.9 Å². The van der Waals surface area contributed by atoms with Crippen molar-refractivity contribution < 1.29 is 28.7 Å². The molecule has 0 fully saturated rings. The lowest BCUT2D eigenvalue weighted by molar-refractivity contribution is -0.142. The minimum Gasteiger partial charge on any atom is -0.491 e. The average Bonchev–Trinajstić information content (AvgIpc) is 3.57. The van der Waals surface area contributed by atoms with E-state index in [0.29, 0.717) is 25.9 Å². The third-order valence-electron chi connectivity index (χ3n) is 7.58. The zero-order valence-corrected chi connectivity index (χ0v) is 26.2. The Morgan fingerprint density at radius 3 is 2.50 bits per heavy atom. The molecule has 0 spiro atoms. The van der Waals surface area contributed by atoms with Crippen molar-refractivity contribution in [2.24, 2.45) is 0 Å². The van der Waals surface area contributed by atoms with E-state index >= 15 is 0 Å². The lowest BCUT2D eigenvalue weighted by atomic mass is 10.1. The number of fused-ring (bicyclic) bond motifs is 1. The molecule has 0 bridgehead atoms. The van der Waals surface area contributed by atoms with E-state index in [-0.39, 0.29) is 44.0 Å². The van der Waals surface area contributed by atoms with Crippen molar-refractivity contribution in [2.45, 2.75) is 44.8 Å². The van der Waals surface area contributed by atoms with Crippen molar-refractivity contribution >= 4 is 29.5 Å². The van der Waals surface area contributed by atoms with E-state index in [0.717, 1.165) is 5.56 Å². The summed E-state index contributed by atoms with van der Waals surface area (Å²) in [6.45, 7) is 2.36. The van der Waals surface area contributed by atoms with Crippen LogP contribution in [0.1, 0.15) is 35.7 Å². The van der Waals surface area contributed by atoms with Gasteiger partial charge in [-0.05, 0) is 37.5 Å². The molecule has 5 amide bonds.